The van der Waals surface area contributed by atoms with E-state index in [9.17, 15) is 9.59 Å². The van der Waals surface area contributed by atoms with Crippen molar-refractivity contribution < 1.29 is 19.1 Å². The van der Waals surface area contributed by atoms with Crippen LogP contribution in [0.3, 0.4) is 0 Å². The third-order valence-corrected chi connectivity index (χ3v) is 6.43. The van der Waals surface area contributed by atoms with Gasteiger partial charge in [-0.05, 0) is 47.9 Å². The summed E-state index contributed by atoms with van der Waals surface area (Å²) < 4.78 is 11.8. The molecule has 1 amide bonds. The zero-order valence-corrected chi connectivity index (χ0v) is 20.8. The number of hydrogen-bond acceptors (Lipinski definition) is 5. The first-order valence-electron chi connectivity index (χ1n) is 10.7. The van der Waals surface area contributed by atoms with Gasteiger partial charge in [-0.25, -0.2) is 4.79 Å². The Kier molecular flexibility index (Phi) is 7.77. The summed E-state index contributed by atoms with van der Waals surface area (Å²) in [7, 11) is 0. The highest BCUT2D eigenvalue weighted by Crippen LogP contribution is 2.36. The number of hydrogen-bond donors (Lipinski definition) is 1. The Hall–Kier alpha value is -3.42. The number of esters is 1. The second-order valence-corrected chi connectivity index (χ2v) is 9.10. The molecule has 4 aromatic rings. The van der Waals surface area contributed by atoms with Gasteiger partial charge in [0.15, 0.2) is 6.61 Å². The fraction of sp³-hybridized carbons (Fsp3) is 0.111. The minimum absolute atomic E-state index is 0.182. The molecule has 0 radical (unpaired) electrons. The Balaban J connectivity index is 1.45. The number of rotatable bonds is 8. The standard InChI is InChI=1S/C27H22BrNO4S/c1-2-32-27(31)25-23(20-8-12-21(28)13-9-20)17-34-26(25)29-24(30)16-33-22-14-10-19(11-15-22)18-6-4-3-5-7-18/h3-15,17H,2,16H2,1H3,(H,29,30). The lowest BCUT2D eigenvalue weighted by atomic mass is 10.0. The second kappa shape index (κ2) is 11.1. The molecule has 5 nitrogen and oxygen atoms in total. The molecular weight excluding hydrogens is 514 g/mol. The van der Waals surface area contributed by atoms with Crippen molar-refractivity contribution in [1.29, 1.82) is 0 Å². The van der Waals surface area contributed by atoms with Crippen molar-refractivity contribution in [2.45, 2.75) is 6.92 Å². The highest BCUT2D eigenvalue weighted by molar-refractivity contribution is 9.10. The Morgan fingerprint density at radius 1 is 0.882 bits per heavy atom. The van der Waals surface area contributed by atoms with Crippen LogP contribution < -0.4 is 10.1 Å². The van der Waals surface area contributed by atoms with Gasteiger partial charge in [0.2, 0.25) is 0 Å². The van der Waals surface area contributed by atoms with Crippen LogP contribution in [0.1, 0.15) is 17.3 Å². The predicted molar refractivity (Wildman–Crippen MR) is 139 cm³/mol. The van der Waals surface area contributed by atoms with Crippen LogP contribution in [-0.4, -0.2) is 25.1 Å². The molecule has 0 atom stereocenters. The average molecular weight is 536 g/mol. The summed E-state index contributed by atoms with van der Waals surface area (Å²) in [6.07, 6.45) is 0. The number of amides is 1. The van der Waals surface area contributed by atoms with Crippen LogP contribution in [0.25, 0.3) is 22.3 Å². The minimum Gasteiger partial charge on any atom is -0.484 e. The van der Waals surface area contributed by atoms with Gasteiger partial charge in [-0.1, -0.05) is 70.5 Å². The van der Waals surface area contributed by atoms with Crippen LogP contribution in [0.15, 0.2) is 88.7 Å². The van der Waals surface area contributed by atoms with Crippen molar-refractivity contribution in [2.24, 2.45) is 0 Å². The smallest absolute Gasteiger partial charge is 0.341 e. The maximum Gasteiger partial charge on any atom is 0.341 e. The summed E-state index contributed by atoms with van der Waals surface area (Å²) in [6, 6.07) is 25.2. The third-order valence-electron chi connectivity index (χ3n) is 5.01. The minimum atomic E-state index is -0.477. The zero-order valence-electron chi connectivity index (χ0n) is 18.4. The molecule has 3 aromatic carbocycles. The van der Waals surface area contributed by atoms with Gasteiger partial charge in [-0.2, -0.15) is 0 Å². The van der Waals surface area contributed by atoms with Crippen molar-refractivity contribution >= 4 is 44.1 Å². The van der Waals surface area contributed by atoms with Gasteiger partial charge in [-0.3, -0.25) is 4.79 Å². The van der Waals surface area contributed by atoms with Crippen molar-refractivity contribution in [3.05, 3.63) is 94.3 Å². The SMILES string of the molecule is CCOC(=O)c1c(-c2ccc(Br)cc2)csc1NC(=O)COc1ccc(-c2ccccc2)cc1. The molecular formula is C27H22BrNO4S. The lowest BCUT2D eigenvalue weighted by Crippen LogP contribution is -2.21. The molecule has 0 fully saturated rings. The largest absolute Gasteiger partial charge is 0.484 e. The summed E-state index contributed by atoms with van der Waals surface area (Å²) in [6.45, 7) is 1.81. The lowest BCUT2D eigenvalue weighted by Gasteiger charge is -2.10. The van der Waals surface area contributed by atoms with Crippen LogP contribution in [-0.2, 0) is 9.53 Å². The van der Waals surface area contributed by atoms with E-state index in [1.165, 1.54) is 11.3 Å². The van der Waals surface area contributed by atoms with Crippen molar-refractivity contribution in [1.82, 2.24) is 0 Å². The van der Waals surface area contributed by atoms with Gasteiger partial charge in [0.25, 0.3) is 5.91 Å². The predicted octanol–water partition coefficient (Wildman–Crippen LogP) is 7.04. The maximum absolute atomic E-state index is 12.7. The van der Waals surface area contributed by atoms with Crippen LogP contribution >= 0.6 is 27.3 Å². The van der Waals surface area contributed by atoms with E-state index in [0.29, 0.717) is 21.9 Å². The first kappa shape index (κ1) is 23.7. The summed E-state index contributed by atoms with van der Waals surface area (Å²) in [5.74, 6) is -0.251. The summed E-state index contributed by atoms with van der Waals surface area (Å²) in [5.41, 5.74) is 4.09. The van der Waals surface area contributed by atoms with Crippen LogP contribution in [0.5, 0.6) is 5.75 Å². The Morgan fingerprint density at radius 3 is 2.21 bits per heavy atom. The number of benzene rings is 3. The van der Waals surface area contributed by atoms with E-state index < -0.39 is 5.97 Å². The van der Waals surface area contributed by atoms with Crippen molar-refractivity contribution in [3.63, 3.8) is 0 Å². The fourth-order valence-corrected chi connectivity index (χ4v) is 4.62. The molecule has 0 saturated heterocycles. The number of anilines is 1. The molecule has 0 spiro atoms. The molecule has 0 unspecified atom stereocenters. The number of thiophene rings is 1. The Labute approximate surface area is 210 Å². The van der Waals surface area contributed by atoms with Crippen LogP contribution in [0.2, 0.25) is 0 Å². The second-order valence-electron chi connectivity index (χ2n) is 7.31. The molecule has 1 aromatic heterocycles. The third kappa shape index (κ3) is 5.73. The van der Waals surface area contributed by atoms with Gasteiger partial charge in [0, 0.05) is 15.4 Å². The van der Waals surface area contributed by atoms with E-state index in [0.717, 1.165) is 21.2 Å². The maximum atomic E-state index is 12.7. The van der Waals surface area contributed by atoms with Crippen molar-refractivity contribution in [3.8, 4) is 28.0 Å². The van der Waals surface area contributed by atoms with E-state index in [1.807, 2.05) is 84.2 Å². The molecule has 0 bridgehead atoms. The van der Waals surface area contributed by atoms with E-state index in [4.69, 9.17) is 9.47 Å². The topological polar surface area (TPSA) is 64.6 Å². The molecule has 172 valence electrons. The molecule has 0 aliphatic carbocycles. The summed E-state index contributed by atoms with van der Waals surface area (Å²) in [4.78, 5) is 25.3. The monoisotopic (exact) mass is 535 g/mol. The number of carbonyl (C=O) groups is 2. The van der Waals surface area contributed by atoms with Crippen molar-refractivity contribution in [2.75, 3.05) is 18.5 Å². The summed E-state index contributed by atoms with van der Waals surface area (Å²) in [5, 5.41) is 5.08. The molecule has 0 aliphatic rings. The normalized spacial score (nSPS) is 10.5. The van der Waals surface area contributed by atoms with Crippen LogP contribution in [0, 0.1) is 0 Å². The van der Waals surface area contributed by atoms with E-state index in [-0.39, 0.29) is 19.1 Å². The van der Waals surface area contributed by atoms with Crippen LogP contribution in [0.4, 0.5) is 5.00 Å². The average Bonchev–Trinajstić information content (AvgIpc) is 3.27. The van der Waals surface area contributed by atoms with Gasteiger partial charge >= 0.3 is 5.97 Å². The fourth-order valence-electron chi connectivity index (χ4n) is 3.38. The Morgan fingerprint density at radius 2 is 1.53 bits per heavy atom. The van der Waals surface area contributed by atoms with Gasteiger partial charge in [-0.15, -0.1) is 11.3 Å². The quantitative estimate of drug-likeness (QED) is 0.246. The first-order valence-corrected chi connectivity index (χ1v) is 12.3. The zero-order chi connectivity index (χ0) is 23.9. The van der Waals surface area contributed by atoms with Gasteiger partial charge < -0.3 is 14.8 Å². The molecule has 1 heterocycles. The molecule has 1 N–H and O–H groups in total. The highest BCUT2D eigenvalue weighted by Gasteiger charge is 2.23. The highest BCUT2D eigenvalue weighted by atomic mass is 79.9. The number of carbonyl (C=O) groups excluding carboxylic acids is 2. The van der Waals surface area contributed by atoms with E-state index in [2.05, 4.69) is 21.2 Å². The molecule has 4 rings (SSSR count). The molecule has 7 heteroatoms. The molecule has 0 saturated carbocycles. The lowest BCUT2D eigenvalue weighted by molar-refractivity contribution is -0.118. The molecule has 0 aliphatic heterocycles. The molecule has 34 heavy (non-hydrogen) atoms. The Bertz CT molecular complexity index is 1270. The van der Waals surface area contributed by atoms with E-state index >= 15 is 0 Å². The number of halogens is 1. The number of nitrogens with one attached hydrogen (secondary N) is 1. The van der Waals surface area contributed by atoms with E-state index in [1.54, 1.807) is 6.92 Å². The van der Waals surface area contributed by atoms with Gasteiger partial charge in [0.05, 0.1) is 6.61 Å². The summed E-state index contributed by atoms with van der Waals surface area (Å²) >= 11 is 4.70. The first-order chi connectivity index (χ1) is 16.5. The number of ether oxygens (including phenoxy) is 2. The van der Waals surface area contributed by atoms with Gasteiger partial charge in [0.1, 0.15) is 16.3 Å².